The second kappa shape index (κ2) is 5.35. The normalized spacial score (nSPS) is 11.5. The fourth-order valence-corrected chi connectivity index (χ4v) is 1.78. The fourth-order valence-electron chi connectivity index (χ4n) is 1.78. The Kier molecular flexibility index (Phi) is 3.61. The number of aryl methyl sites for hydroxylation is 1. The summed E-state index contributed by atoms with van der Waals surface area (Å²) < 4.78 is 0. The summed E-state index contributed by atoms with van der Waals surface area (Å²) in [5, 5.41) is 0. The highest BCUT2D eigenvalue weighted by atomic mass is 14.6. The van der Waals surface area contributed by atoms with Gasteiger partial charge in [-0.05, 0) is 30.5 Å². The highest BCUT2D eigenvalue weighted by Crippen LogP contribution is 2.12. The Morgan fingerprint density at radius 3 is 2.53 bits per heavy atom. The molecule has 0 aromatic heterocycles. The van der Waals surface area contributed by atoms with Gasteiger partial charge in [0, 0.05) is 5.70 Å². The lowest BCUT2D eigenvalue weighted by atomic mass is 10.1. The van der Waals surface area contributed by atoms with E-state index in [0.717, 1.165) is 17.7 Å². The van der Waals surface area contributed by atoms with Gasteiger partial charge in [0.05, 0.1) is 0 Å². The first-order valence-electron chi connectivity index (χ1n) is 5.82. The van der Waals surface area contributed by atoms with Crippen LogP contribution in [0.5, 0.6) is 0 Å². The summed E-state index contributed by atoms with van der Waals surface area (Å²) in [5.41, 5.74) is 10.5. The topological polar surface area (TPSA) is 26.0 Å². The third kappa shape index (κ3) is 3.22. The van der Waals surface area contributed by atoms with E-state index < -0.39 is 0 Å². The predicted molar refractivity (Wildman–Crippen MR) is 73.5 cm³/mol. The smallest absolute Gasteiger partial charge is 0.0350 e. The molecule has 0 aliphatic rings. The molecule has 2 N–H and O–H groups in total. The second-order valence-corrected chi connectivity index (χ2v) is 4.22. The van der Waals surface area contributed by atoms with Crippen LogP contribution in [0.25, 0.3) is 5.70 Å². The number of hydrogen-bond donors (Lipinski definition) is 1. The van der Waals surface area contributed by atoms with Gasteiger partial charge < -0.3 is 5.73 Å². The minimum Gasteiger partial charge on any atom is -0.398 e. The molecule has 0 saturated carbocycles. The average Bonchev–Trinajstić information content (AvgIpc) is 2.37. The maximum Gasteiger partial charge on any atom is 0.0350 e. The van der Waals surface area contributed by atoms with Crippen LogP contribution in [-0.2, 0) is 6.42 Å². The fraction of sp³-hybridized carbons (Fsp3) is 0.125. The van der Waals surface area contributed by atoms with E-state index in [4.69, 9.17) is 5.73 Å². The van der Waals surface area contributed by atoms with E-state index in [1.54, 1.807) is 0 Å². The minimum atomic E-state index is 0.845. The molecule has 0 aliphatic heterocycles. The zero-order chi connectivity index (χ0) is 12.1. The van der Waals surface area contributed by atoms with Crippen LogP contribution in [0.4, 0.5) is 0 Å². The van der Waals surface area contributed by atoms with Crippen molar-refractivity contribution in [1.82, 2.24) is 0 Å². The van der Waals surface area contributed by atoms with Crippen LogP contribution >= 0.6 is 0 Å². The third-order valence-corrected chi connectivity index (χ3v) is 2.75. The SMILES string of the molecule is Cc1cccc(/C(N)=C/Cc2ccccc2)c1. The molecule has 0 atom stereocenters. The molecule has 0 spiro atoms. The first-order valence-corrected chi connectivity index (χ1v) is 5.82. The van der Waals surface area contributed by atoms with Gasteiger partial charge in [-0.15, -0.1) is 0 Å². The van der Waals surface area contributed by atoms with Crippen LogP contribution < -0.4 is 5.73 Å². The van der Waals surface area contributed by atoms with Crippen molar-refractivity contribution in [1.29, 1.82) is 0 Å². The Hall–Kier alpha value is -2.02. The molecular formula is C16H17N. The van der Waals surface area contributed by atoms with Gasteiger partial charge in [-0.1, -0.05) is 60.2 Å². The van der Waals surface area contributed by atoms with Crippen molar-refractivity contribution >= 4 is 5.70 Å². The van der Waals surface area contributed by atoms with Crippen LogP contribution in [0.1, 0.15) is 16.7 Å². The molecule has 17 heavy (non-hydrogen) atoms. The Morgan fingerprint density at radius 2 is 1.82 bits per heavy atom. The first kappa shape index (κ1) is 11.5. The molecule has 0 unspecified atom stereocenters. The molecule has 0 fully saturated rings. The van der Waals surface area contributed by atoms with Gasteiger partial charge in [-0.2, -0.15) is 0 Å². The van der Waals surface area contributed by atoms with E-state index in [1.807, 2.05) is 30.3 Å². The van der Waals surface area contributed by atoms with Gasteiger partial charge in [0.1, 0.15) is 0 Å². The zero-order valence-electron chi connectivity index (χ0n) is 10.1. The molecule has 0 bridgehead atoms. The molecule has 0 radical (unpaired) electrons. The van der Waals surface area contributed by atoms with Crippen molar-refractivity contribution in [3.63, 3.8) is 0 Å². The quantitative estimate of drug-likeness (QED) is 0.846. The molecular weight excluding hydrogens is 206 g/mol. The van der Waals surface area contributed by atoms with Crippen molar-refractivity contribution in [3.8, 4) is 0 Å². The molecule has 2 aromatic rings. The number of benzene rings is 2. The van der Waals surface area contributed by atoms with Gasteiger partial charge >= 0.3 is 0 Å². The minimum absolute atomic E-state index is 0.845. The van der Waals surface area contributed by atoms with E-state index in [1.165, 1.54) is 11.1 Å². The first-order chi connectivity index (χ1) is 8.25. The Balaban J connectivity index is 2.12. The lowest BCUT2D eigenvalue weighted by Gasteiger charge is -2.03. The predicted octanol–water partition coefficient (Wildman–Crippen LogP) is 3.54. The lowest BCUT2D eigenvalue weighted by molar-refractivity contribution is 1.26. The summed E-state index contributed by atoms with van der Waals surface area (Å²) in [5.74, 6) is 0. The van der Waals surface area contributed by atoms with Crippen molar-refractivity contribution in [2.24, 2.45) is 5.73 Å². The summed E-state index contributed by atoms with van der Waals surface area (Å²) in [6, 6.07) is 18.6. The largest absolute Gasteiger partial charge is 0.398 e. The molecule has 2 aromatic carbocycles. The van der Waals surface area contributed by atoms with Crippen LogP contribution in [-0.4, -0.2) is 0 Å². The maximum absolute atomic E-state index is 6.07. The Labute approximate surface area is 103 Å². The van der Waals surface area contributed by atoms with Crippen molar-refractivity contribution in [2.75, 3.05) is 0 Å². The molecule has 1 heteroatoms. The highest BCUT2D eigenvalue weighted by Gasteiger charge is 1.96. The lowest BCUT2D eigenvalue weighted by Crippen LogP contribution is -1.97. The average molecular weight is 223 g/mol. The Morgan fingerprint density at radius 1 is 1.06 bits per heavy atom. The molecule has 0 heterocycles. The maximum atomic E-state index is 6.07. The third-order valence-electron chi connectivity index (χ3n) is 2.75. The van der Waals surface area contributed by atoms with Crippen LogP contribution in [0.15, 0.2) is 60.7 Å². The summed E-state index contributed by atoms with van der Waals surface area (Å²) in [4.78, 5) is 0. The number of rotatable bonds is 3. The molecule has 2 rings (SSSR count). The van der Waals surface area contributed by atoms with Gasteiger partial charge in [0.2, 0.25) is 0 Å². The molecule has 0 amide bonds. The Bertz CT molecular complexity index is 512. The van der Waals surface area contributed by atoms with E-state index in [9.17, 15) is 0 Å². The standard InChI is InChI=1S/C16H17N/c1-13-6-5-9-15(12-13)16(17)11-10-14-7-3-2-4-8-14/h2-9,11-12H,10,17H2,1H3/b16-11-. The van der Waals surface area contributed by atoms with Gasteiger partial charge in [0.25, 0.3) is 0 Å². The van der Waals surface area contributed by atoms with Crippen molar-refractivity contribution in [3.05, 3.63) is 77.4 Å². The van der Waals surface area contributed by atoms with Crippen LogP contribution in [0.2, 0.25) is 0 Å². The van der Waals surface area contributed by atoms with E-state index >= 15 is 0 Å². The number of allylic oxidation sites excluding steroid dienone is 1. The zero-order valence-corrected chi connectivity index (χ0v) is 10.1. The van der Waals surface area contributed by atoms with E-state index in [-0.39, 0.29) is 0 Å². The summed E-state index contributed by atoms with van der Waals surface area (Å²) in [6.45, 7) is 2.08. The van der Waals surface area contributed by atoms with E-state index in [2.05, 4.69) is 37.3 Å². The molecule has 0 saturated heterocycles. The van der Waals surface area contributed by atoms with Crippen molar-refractivity contribution < 1.29 is 0 Å². The summed E-state index contributed by atoms with van der Waals surface area (Å²) in [7, 11) is 0. The van der Waals surface area contributed by atoms with Crippen molar-refractivity contribution in [2.45, 2.75) is 13.3 Å². The highest BCUT2D eigenvalue weighted by molar-refractivity contribution is 5.63. The molecule has 1 nitrogen and oxygen atoms in total. The van der Waals surface area contributed by atoms with E-state index in [0.29, 0.717) is 0 Å². The summed E-state index contributed by atoms with van der Waals surface area (Å²) >= 11 is 0. The number of nitrogens with two attached hydrogens (primary N) is 1. The van der Waals surface area contributed by atoms with Crippen LogP contribution in [0.3, 0.4) is 0 Å². The summed E-state index contributed by atoms with van der Waals surface area (Å²) in [6.07, 6.45) is 2.95. The van der Waals surface area contributed by atoms with Gasteiger partial charge in [-0.25, -0.2) is 0 Å². The second-order valence-electron chi connectivity index (χ2n) is 4.22. The van der Waals surface area contributed by atoms with Gasteiger partial charge in [0.15, 0.2) is 0 Å². The van der Waals surface area contributed by atoms with Gasteiger partial charge in [-0.3, -0.25) is 0 Å². The van der Waals surface area contributed by atoms with Crippen LogP contribution in [0, 0.1) is 6.92 Å². The monoisotopic (exact) mass is 223 g/mol. The molecule has 86 valence electrons. The number of hydrogen-bond acceptors (Lipinski definition) is 1. The molecule has 0 aliphatic carbocycles.